The van der Waals surface area contributed by atoms with Crippen LogP contribution >= 0.6 is 11.6 Å². The van der Waals surface area contributed by atoms with Crippen LogP contribution in [-0.4, -0.2) is 29.3 Å². The van der Waals surface area contributed by atoms with Gasteiger partial charge in [0.05, 0.1) is 18.7 Å². The van der Waals surface area contributed by atoms with E-state index >= 15 is 0 Å². The van der Waals surface area contributed by atoms with Crippen molar-refractivity contribution in [3.05, 3.63) is 59.4 Å². The van der Waals surface area contributed by atoms with Crippen molar-refractivity contribution in [2.45, 2.75) is 19.1 Å². The topological polar surface area (TPSA) is 56.3 Å². The summed E-state index contributed by atoms with van der Waals surface area (Å²) in [6.07, 6.45) is 4.56. The zero-order chi connectivity index (χ0) is 17.1. The van der Waals surface area contributed by atoms with Gasteiger partial charge in [0.2, 0.25) is 5.88 Å². The lowest BCUT2D eigenvalue weighted by molar-refractivity contribution is 0.138. The van der Waals surface area contributed by atoms with Crippen molar-refractivity contribution in [1.82, 2.24) is 9.97 Å². The molecule has 25 heavy (non-hydrogen) atoms. The molecule has 1 fully saturated rings. The molecule has 1 N–H and O–H groups in total. The van der Waals surface area contributed by atoms with Crippen LogP contribution in [-0.2, 0) is 11.3 Å². The van der Waals surface area contributed by atoms with Gasteiger partial charge in [0.25, 0.3) is 0 Å². The second-order valence-electron chi connectivity index (χ2n) is 5.98. The minimum atomic E-state index is 0.101. The van der Waals surface area contributed by atoms with Crippen LogP contribution < -0.4 is 10.1 Å². The first kappa shape index (κ1) is 16.1. The van der Waals surface area contributed by atoms with E-state index < -0.39 is 0 Å². The second-order valence-corrected chi connectivity index (χ2v) is 6.42. The first-order valence-electron chi connectivity index (χ1n) is 8.25. The quantitative estimate of drug-likeness (QED) is 0.747. The van der Waals surface area contributed by atoms with Crippen LogP contribution in [0.3, 0.4) is 0 Å². The van der Waals surface area contributed by atoms with Crippen molar-refractivity contribution in [2.24, 2.45) is 0 Å². The zero-order valence-electron chi connectivity index (χ0n) is 13.6. The van der Waals surface area contributed by atoms with Crippen LogP contribution in [0, 0.1) is 0 Å². The van der Waals surface area contributed by atoms with Gasteiger partial charge in [-0.15, -0.1) is 0 Å². The molecule has 1 atom stereocenters. The van der Waals surface area contributed by atoms with Gasteiger partial charge in [-0.1, -0.05) is 11.6 Å². The molecule has 3 heterocycles. The van der Waals surface area contributed by atoms with Crippen LogP contribution in [0.15, 0.2) is 48.8 Å². The first-order valence-corrected chi connectivity index (χ1v) is 8.63. The van der Waals surface area contributed by atoms with Gasteiger partial charge in [0.1, 0.15) is 6.10 Å². The fourth-order valence-electron chi connectivity index (χ4n) is 2.87. The number of nitrogens with one attached hydrogen (secondary N) is 1. The van der Waals surface area contributed by atoms with Crippen molar-refractivity contribution in [3.63, 3.8) is 0 Å². The van der Waals surface area contributed by atoms with Gasteiger partial charge in [0, 0.05) is 47.5 Å². The van der Waals surface area contributed by atoms with E-state index in [-0.39, 0.29) is 6.10 Å². The largest absolute Gasteiger partial charge is 0.472 e. The van der Waals surface area contributed by atoms with E-state index in [1.165, 1.54) is 0 Å². The number of hydrogen-bond donors (Lipinski definition) is 1. The predicted octanol–water partition coefficient (Wildman–Crippen LogP) is 4.06. The Balaban J connectivity index is 1.48. The molecular weight excluding hydrogens is 338 g/mol. The van der Waals surface area contributed by atoms with Crippen molar-refractivity contribution in [2.75, 3.05) is 18.5 Å². The molecule has 1 aromatic carbocycles. The standard InChI is InChI=1S/C19H18ClN3O2/c20-14-1-2-16-17(4-7-21-18(16)10-14)23-11-13-3-6-22-19(9-13)25-15-5-8-24-12-15/h1-4,6-7,9-10,15H,5,8,11-12H2,(H,21,23). The highest BCUT2D eigenvalue weighted by atomic mass is 35.5. The van der Waals surface area contributed by atoms with Crippen molar-refractivity contribution < 1.29 is 9.47 Å². The summed E-state index contributed by atoms with van der Waals surface area (Å²) in [4.78, 5) is 8.65. The first-order chi connectivity index (χ1) is 12.3. The number of pyridine rings is 2. The summed E-state index contributed by atoms with van der Waals surface area (Å²) in [6, 6.07) is 11.6. The van der Waals surface area contributed by atoms with Gasteiger partial charge < -0.3 is 14.8 Å². The van der Waals surface area contributed by atoms with Crippen molar-refractivity contribution in [3.8, 4) is 5.88 Å². The average molecular weight is 356 g/mol. The lowest BCUT2D eigenvalue weighted by atomic mass is 10.2. The molecule has 0 amide bonds. The van der Waals surface area contributed by atoms with E-state index in [1.807, 2.05) is 36.4 Å². The highest BCUT2D eigenvalue weighted by Gasteiger charge is 2.17. The van der Waals surface area contributed by atoms with Gasteiger partial charge in [-0.05, 0) is 35.9 Å². The maximum Gasteiger partial charge on any atom is 0.213 e. The van der Waals surface area contributed by atoms with Gasteiger partial charge in [-0.25, -0.2) is 4.98 Å². The fourth-order valence-corrected chi connectivity index (χ4v) is 3.04. The van der Waals surface area contributed by atoms with Crippen LogP contribution in [0.1, 0.15) is 12.0 Å². The molecular formula is C19H18ClN3O2. The second kappa shape index (κ2) is 7.25. The number of ether oxygens (including phenoxy) is 2. The van der Waals surface area contributed by atoms with Gasteiger partial charge >= 0.3 is 0 Å². The number of rotatable bonds is 5. The Kier molecular flexibility index (Phi) is 4.68. The third kappa shape index (κ3) is 3.83. The van der Waals surface area contributed by atoms with Crippen molar-refractivity contribution in [1.29, 1.82) is 0 Å². The Hall–Kier alpha value is -2.37. The van der Waals surface area contributed by atoms with E-state index in [0.717, 1.165) is 35.2 Å². The molecule has 5 nitrogen and oxygen atoms in total. The van der Waals surface area contributed by atoms with Gasteiger partial charge in [0.15, 0.2) is 0 Å². The predicted molar refractivity (Wildman–Crippen MR) is 98.2 cm³/mol. The molecule has 0 aliphatic carbocycles. The molecule has 0 bridgehead atoms. The Bertz CT molecular complexity index is 881. The SMILES string of the molecule is Clc1ccc2c(NCc3ccnc(OC4CCOC4)c3)ccnc2c1. The van der Waals surface area contributed by atoms with Gasteiger partial charge in [-0.2, -0.15) is 0 Å². The molecule has 1 aliphatic rings. The summed E-state index contributed by atoms with van der Waals surface area (Å²) in [7, 11) is 0. The van der Waals surface area contributed by atoms with Gasteiger partial charge in [-0.3, -0.25) is 4.98 Å². The maximum atomic E-state index is 6.04. The molecule has 1 aliphatic heterocycles. The number of nitrogens with zero attached hydrogens (tertiary/aromatic N) is 2. The summed E-state index contributed by atoms with van der Waals surface area (Å²) in [5.74, 6) is 0.640. The minimum Gasteiger partial charge on any atom is -0.472 e. The summed E-state index contributed by atoms with van der Waals surface area (Å²) in [5.41, 5.74) is 2.99. The molecule has 2 aromatic heterocycles. The van der Waals surface area contributed by atoms with E-state index in [4.69, 9.17) is 21.1 Å². The smallest absolute Gasteiger partial charge is 0.213 e. The van der Waals surface area contributed by atoms with E-state index in [2.05, 4.69) is 15.3 Å². The van der Waals surface area contributed by atoms with E-state index in [0.29, 0.717) is 24.1 Å². The van der Waals surface area contributed by atoms with E-state index in [1.54, 1.807) is 12.4 Å². The highest BCUT2D eigenvalue weighted by Crippen LogP contribution is 2.25. The van der Waals surface area contributed by atoms with Crippen LogP contribution in [0.5, 0.6) is 5.88 Å². The third-order valence-corrected chi connectivity index (χ3v) is 4.40. The summed E-state index contributed by atoms with van der Waals surface area (Å²) in [6.45, 7) is 2.06. The summed E-state index contributed by atoms with van der Waals surface area (Å²) < 4.78 is 11.2. The molecule has 3 aromatic rings. The Morgan fingerprint density at radius 2 is 2.08 bits per heavy atom. The van der Waals surface area contributed by atoms with Crippen LogP contribution in [0.25, 0.3) is 10.9 Å². The fraction of sp³-hybridized carbons (Fsp3) is 0.263. The Labute approximate surface area is 151 Å². The summed E-state index contributed by atoms with van der Waals surface area (Å²) >= 11 is 6.04. The molecule has 128 valence electrons. The highest BCUT2D eigenvalue weighted by molar-refractivity contribution is 6.31. The Morgan fingerprint density at radius 3 is 2.96 bits per heavy atom. The number of hydrogen-bond acceptors (Lipinski definition) is 5. The Morgan fingerprint density at radius 1 is 1.16 bits per heavy atom. The molecule has 1 saturated heterocycles. The normalized spacial score (nSPS) is 16.9. The summed E-state index contributed by atoms with van der Waals surface area (Å²) in [5, 5.41) is 5.18. The number of anilines is 1. The third-order valence-electron chi connectivity index (χ3n) is 4.16. The van der Waals surface area contributed by atoms with Crippen LogP contribution in [0.2, 0.25) is 5.02 Å². The molecule has 6 heteroatoms. The molecule has 0 saturated carbocycles. The number of halogens is 1. The monoisotopic (exact) mass is 355 g/mol. The maximum absolute atomic E-state index is 6.04. The lowest BCUT2D eigenvalue weighted by Gasteiger charge is -2.13. The lowest BCUT2D eigenvalue weighted by Crippen LogP contribution is -2.16. The average Bonchev–Trinajstić information content (AvgIpc) is 3.13. The number of aromatic nitrogens is 2. The van der Waals surface area contributed by atoms with E-state index in [9.17, 15) is 0 Å². The van der Waals surface area contributed by atoms with Crippen molar-refractivity contribution >= 4 is 28.2 Å². The molecule has 0 radical (unpaired) electrons. The van der Waals surface area contributed by atoms with Crippen LogP contribution in [0.4, 0.5) is 5.69 Å². The zero-order valence-corrected chi connectivity index (χ0v) is 14.4. The number of fused-ring (bicyclic) bond motifs is 1. The molecule has 1 unspecified atom stereocenters. The minimum absolute atomic E-state index is 0.101. The molecule has 4 rings (SSSR count). The number of benzene rings is 1. The molecule has 0 spiro atoms.